The molecule has 45 heavy (non-hydrogen) atoms. The number of aryl methyl sites for hydroxylation is 2. The van der Waals surface area contributed by atoms with Gasteiger partial charge in [0.2, 0.25) is 0 Å². The van der Waals surface area contributed by atoms with E-state index in [0.29, 0.717) is 6.42 Å². The predicted octanol–water partition coefficient (Wildman–Crippen LogP) is 6.42. The second kappa shape index (κ2) is 19.0. The number of benzene rings is 4. The number of rotatable bonds is 6. The van der Waals surface area contributed by atoms with E-state index in [9.17, 15) is 0 Å². The van der Waals surface area contributed by atoms with Crippen molar-refractivity contribution in [3.05, 3.63) is 133 Å². The molecule has 10 heteroatoms. The summed E-state index contributed by atoms with van der Waals surface area (Å²) in [5.74, 6) is 1.68. The molecule has 0 saturated carbocycles. The minimum Gasteiger partial charge on any atom is -0.393 e. The van der Waals surface area contributed by atoms with E-state index in [2.05, 4.69) is 58.3 Å². The molecule has 238 valence electrons. The van der Waals surface area contributed by atoms with Gasteiger partial charge in [-0.2, -0.15) is 10.2 Å². The first-order chi connectivity index (χ1) is 20.8. The van der Waals surface area contributed by atoms with Crippen LogP contribution in [0.25, 0.3) is 34.2 Å². The Labute approximate surface area is 291 Å². The fourth-order valence-corrected chi connectivity index (χ4v) is 4.43. The zero-order chi connectivity index (χ0) is 30.6. The Balaban J connectivity index is 0.000000251. The van der Waals surface area contributed by atoms with Gasteiger partial charge < -0.3 is 10.2 Å². The van der Waals surface area contributed by atoms with Gasteiger partial charge in [0.25, 0.3) is 0 Å². The van der Waals surface area contributed by atoms with Gasteiger partial charge in [0.15, 0.2) is 5.82 Å². The molecular formula is C35H37Ir2N6O2-. The van der Waals surface area contributed by atoms with Crippen molar-refractivity contribution in [3.63, 3.8) is 0 Å². The standard InChI is InChI=1S/C15H13N3.C15H12N3.C5H12O2.2Ir/c2*1-12-7-5-6-10-14(12)18-15(16-11-17-18)13-8-3-2-4-9-13;1-4(6)3-5(2)7;;/h2-11H,1H3;2-8,10-11H,1H3;4-7H,3H2,1-2H3;;/q;-1;;;. The van der Waals surface area contributed by atoms with Crippen molar-refractivity contribution in [2.24, 2.45) is 0 Å². The molecule has 0 fully saturated rings. The molecule has 0 bridgehead atoms. The van der Waals surface area contributed by atoms with E-state index in [0.717, 1.165) is 34.2 Å². The molecule has 8 nitrogen and oxygen atoms in total. The summed E-state index contributed by atoms with van der Waals surface area (Å²) in [7, 11) is 0. The third kappa shape index (κ3) is 10.8. The van der Waals surface area contributed by atoms with Crippen molar-refractivity contribution in [1.29, 1.82) is 0 Å². The average Bonchev–Trinajstić information content (AvgIpc) is 3.69. The van der Waals surface area contributed by atoms with Crippen molar-refractivity contribution in [2.45, 2.75) is 46.3 Å². The van der Waals surface area contributed by atoms with Crippen molar-refractivity contribution < 1.29 is 50.4 Å². The van der Waals surface area contributed by atoms with E-state index in [-0.39, 0.29) is 52.4 Å². The Morgan fingerprint density at radius 1 is 0.622 bits per heavy atom. The number of hydrogen-bond donors (Lipinski definition) is 2. The minimum absolute atomic E-state index is 0. The zero-order valence-corrected chi connectivity index (χ0v) is 30.4. The molecule has 2 atom stereocenters. The van der Waals surface area contributed by atoms with Crippen LogP contribution in [0, 0.1) is 19.9 Å². The van der Waals surface area contributed by atoms with Crippen LogP contribution in [0.4, 0.5) is 0 Å². The van der Waals surface area contributed by atoms with Crippen LogP contribution in [0.3, 0.4) is 0 Å². The molecule has 2 N–H and O–H groups in total. The van der Waals surface area contributed by atoms with Crippen LogP contribution in [-0.2, 0) is 40.2 Å². The normalized spacial score (nSPS) is 11.3. The molecule has 2 unspecified atom stereocenters. The fraction of sp³-hybridized carbons (Fsp3) is 0.200. The SMILES string of the molecule is CC(O)CC(C)O.Cc1ccccc1-n1ncnc1-c1[c-]cccc1.Cc1ccccc1-n1ncnc1-c1ccccc1.[Ir].[Ir]. The Morgan fingerprint density at radius 2 is 1.09 bits per heavy atom. The van der Waals surface area contributed by atoms with E-state index >= 15 is 0 Å². The van der Waals surface area contributed by atoms with Gasteiger partial charge in [-0.15, -0.1) is 35.9 Å². The molecule has 0 saturated heterocycles. The van der Waals surface area contributed by atoms with E-state index in [1.807, 2.05) is 94.3 Å². The van der Waals surface area contributed by atoms with Crippen LogP contribution in [0.1, 0.15) is 31.4 Å². The largest absolute Gasteiger partial charge is 0.393 e. The van der Waals surface area contributed by atoms with Crippen molar-refractivity contribution in [1.82, 2.24) is 29.5 Å². The topological polar surface area (TPSA) is 102 Å². The maximum absolute atomic E-state index is 8.56. The first kappa shape index (κ1) is 37.6. The fourth-order valence-electron chi connectivity index (χ4n) is 4.43. The Bertz CT molecular complexity index is 1560. The summed E-state index contributed by atoms with van der Waals surface area (Å²) in [5, 5.41) is 25.8. The predicted molar refractivity (Wildman–Crippen MR) is 170 cm³/mol. The number of hydrogen-bond acceptors (Lipinski definition) is 6. The summed E-state index contributed by atoms with van der Waals surface area (Å²) < 4.78 is 3.73. The van der Waals surface area contributed by atoms with Gasteiger partial charge in [0, 0.05) is 45.8 Å². The van der Waals surface area contributed by atoms with Crippen LogP contribution < -0.4 is 0 Å². The van der Waals surface area contributed by atoms with Crippen LogP contribution in [0.15, 0.2) is 116 Å². The van der Waals surface area contributed by atoms with E-state index in [4.69, 9.17) is 10.2 Å². The molecule has 0 spiro atoms. The molecule has 4 aromatic carbocycles. The van der Waals surface area contributed by atoms with Gasteiger partial charge in [-0.25, -0.2) is 9.67 Å². The molecule has 0 amide bonds. The first-order valence-corrected chi connectivity index (χ1v) is 14.2. The summed E-state index contributed by atoms with van der Waals surface area (Å²) in [6.07, 6.45) is 2.89. The Hall–Kier alpha value is -3.62. The number of aliphatic hydroxyl groups is 2. The minimum atomic E-state index is -0.375. The summed E-state index contributed by atoms with van der Waals surface area (Å²) in [5.41, 5.74) is 6.47. The quantitative estimate of drug-likeness (QED) is 0.187. The average molecular weight is 958 g/mol. The number of aromatic nitrogens is 6. The molecule has 6 aromatic rings. The molecule has 2 aromatic heterocycles. The second-order valence-corrected chi connectivity index (χ2v) is 10.1. The molecule has 0 aliphatic heterocycles. The summed E-state index contributed by atoms with van der Waals surface area (Å²) >= 11 is 0. The maximum atomic E-state index is 8.56. The summed E-state index contributed by atoms with van der Waals surface area (Å²) in [6.45, 7) is 7.46. The van der Waals surface area contributed by atoms with Crippen LogP contribution >= 0.6 is 0 Å². The monoisotopic (exact) mass is 959 g/mol. The van der Waals surface area contributed by atoms with E-state index in [1.54, 1.807) is 26.5 Å². The summed E-state index contributed by atoms with van der Waals surface area (Å²) in [4.78, 5) is 8.68. The number of para-hydroxylation sites is 2. The van der Waals surface area contributed by atoms with Crippen LogP contribution in [0.5, 0.6) is 0 Å². The van der Waals surface area contributed by atoms with Gasteiger partial charge in [0.1, 0.15) is 12.7 Å². The third-order valence-electron chi connectivity index (χ3n) is 6.45. The third-order valence-corrected chi connectivity index (χ3v) is 6.45. The van der Waals surface area contributed by atoms with E-state index < -0.39 is 0 Å². The maximum Gasteiger partial charge on any atom is 0.163 e. The summed E-state index contributed by atoms with van der Waals surface area (Å²) in [6, 6.07) is 37.3. The van der Waals surface area contributed by atoms with Crippen molar-refractivity contribution in [2.75, 3.05) is 0 Å². The smallest absolute Gasteiger partial charge is 0.163 e. The van der Waals surface area contributed by atoms with E-state index in [1.165, 1.54) is 11.1 Å². The van der Waals surface area contributed by atoms with Gasteiger partial charge in [-0.05, 0) is 57.4 Å². The van der Waals surface area contributed by atoms with Gasteiger partial charge in [-0.3, -0.25) is 9.67 Å². The molecule has 0 aliphatic carbocycles. The van der Waals surface area contributed by atoms with Gasteiger partial charge >= 0.3 is 0 Å². The van der Waals surface area contributed by atoms with Gasteiger partial charge in [0.05, 0.1) is 29.4 Å². The molecule has 2 radical (unpaired) electrons. The zero-order valence-electron chi connectivity index (χ0n) is 25.6. The van der Waals surface area contributed by atoms with Crippen LogP contribution in [0.2, 0.25) is 0 Å². The number of nitrogens with zero attached hydrogens (tertiary/aromatic N) is 6. The van der Waals surface area contributed by atoms with Crippen molar-refractivity contribution >= 4 is 0 Å². The molecule has 2 heterocycles. The second-order valence-electron chi connectivity index (χ2n) is 10.1. The number of aliphatic hydroxyl groups excluding tert-OH is 2. The Morgan fingerprint density at radius 3 is 1.56 bits per heavy atom. The first-order valence-electron chi connectivity index (χ1n) is 14.2. The van der Waals surface area contributed by atoms with Crippen LogP contribution in [-0.4, -0.2) is 51.9 Å². The van der Waals surface area contributed by atoms with Crippen molar-refractivity contribution in [3.8, 4) is 34.2 Å². The molecular weight excluding hydrogens is 921 g/mol. The molecule has 6 rings (SSSR count). The molecule has 0 aliphatic rings. The van der Waals surface area contributed by atoms with Gasteiger partial charge in [-0.1, -0.05) is 66.7 Å². The Kier molecular flexibility index (Phi) is 15.9.